The Labute approximate surface area is 157 Å². The second-order valence-electron chi connectivity index (χ2n) is 7.09. The Morgan fingerprint density at radius 3 is 2.92 bits per heavy atom. The highest BCUT2D eigenvalue weighted by atomic mass is 32.2. The molecule has 0 aliphatic carbocycles. The van der Waals surface area contributed by atoms with Crippen molar-refractivity contribution in [1.82, 2.24) is 24.3 Å². The third kappa shape index (κ3) is 2.92. The zero-order chi connectivity index (χ0) is 18.5. The van der Waals surface area contributed by atoms with E-state index < -0.39 is 0 Å². The topological polar surface area (TPSA) is 94.7 Å². The zero-order valence-corrected chi connectivity index (χ0v) is 16.2. The van der Waals surface area contributed by atoms with Crippen molar-refractivity contribution in [3.8, 4) is 0 Å². The highest BCUT2D eigenvalue weighted by molar-refractivity contribution is 7.99. The lowest BCUT2D eigenvalue weighted by molar-refractivity contribution is -0.116. The summed E-state index contributed by atoms with van der Waals surface area (Å²) in [6.45, 7) is 6.06. The molecule has 0 saturated heterocycles. The Morgan fingerprint density at radius 2 is 2.23 bits per heavy atom. The summed E-state index contributed by atoms with van der Waals surface area (Å²) >= 11 is 2.86. The van der Waals surface area contributed by atoms with E-state index >= 15 is 0 Å². The minimum absolute atomic E-state index is 0.141. The smallest absolute Gasteiger partial charge is 0.265 e. The fourth-order valence-corrected chi connectivity index (χ4v) is 4.62. The summed E-state index contributed by atoms with van der Waals surface area (Å²) in [4.78, 5) is 34.0. The van der Waals surface area contributed by atoms with Crippen LogP contribution in [-0.2, 0) is 10.3 Å². The number of thiazole rings is 1. The van der Waals surface area contributed by atoms with Gasteiger partial charge in [-0.05, 0) is 20.8 Å². The molecule has 1 unspecified atom stereocenters. The van der Waals surface area contributed by atoms with Gasteiger partial charge in [-0.25, -0.2) is 14.6 Å². The molecule has 26 heavy (non-hydrogen) atoms. The fraction of sp³-hybridized carbons (Fsp3) is 0.438. The van der Waals surface area contributed by atoms with Gasteiger partial charge in [-0.1, -0.05) is 11.8 Å². The van der Waals surface area contributed by atoms with Gasteiger partial charge in [0.1, 0.15) is 5.39 Å². The molecule has 3 aromatic rings. The number of rotatable bonds is 3. The molecule has 4 heterocycles. The predicted octanol–water partition coefficient (Wildman–Crippen LogP) is 2.48. The lowest BCUT2D eigenvalue weighted by Gasteiger charge is -2.20. The number of fused-ring (bicyclic) bond motifs is 2. The number of carbonyl (C=O) groups excluding carboxylic acids is 1. The number of thioether (sulfide) groups is 1. The highest BCUT2D eigenvalue weighted by Gasteiger charge is 2.30. The van der Waals surface area contributed by atoms with Gasteiger partial charge in [0.25, 0.3) is 5.56 Å². The Morgan fingerprint density at radius 1 is 1.42 bits per heavy atom. The molecule has 0 bridgehead atoms. The first-order valence-corrected chi connectivity index (χ1v) is 10.0. The predicted molar refractivity (Wildman–Crippen MR) is 102 cm³/mol. The van der Waals surface area contributed by atoms with Crippen LogP contribution in [0.3, 0.4) is 0 Å². The maximum atomic E-state index is 13.0. The minimum Gasteiger partial charge on any atom is -0.302 e. The van der Waals surface area contributed by atoms with Crippen molar-refractivity contribution in [3.63, 3.8) is 0 Å². The second kappa shape index (κ2) is 6.20. The summed E-state index contributed by atoms with van der Waals surface area (Å²) in [6.07, 6.45) is 3.41. The van der Waals surface area contributed by atoms with Crippen LogP contribution >= 0.6 is 23.1 Å². The van der Waals surface area contributed by atoms with Gasteiger partial charge in [-0.15, -0.1) is 11.3 Å². The van der Waals surface area contributed by atoms with Crippen LogP contribution < -0.4 is 10.9 Å². The van der Waals surface area contributed by atoms with Crippen molar-refractivity contribution in [2.24, 2.45) is 0 Å². The molecular weight excluding hydrogens is 372 g/mol. The molecule has 0 aromatic carbocycles. The van der Waals surface area contributed by atoms with E-state index in [1.165, 1.54) is 23.1 Å². The molecule has 136 valence electrons. The number of nitrogens with one attached hydrogen (secondary N) is 1. The van der Waals surface area contributed by atoms with E-state index in [4.69, 9.17) is 0 Å². The van der Waals surface area contributed by atoms with Crippen LogP contribution in [0.5, 0.6) is 0 Å². The quantitative estimate of drug-likeness (QED) is 0.691. The largest absolute Gasteiger partial charge is 0.302 e. The molecular formula is C16H18N6O2S2. The van der Waals surface area contributed by atoms with Crippen molar-refractivity contribution < 1.29 is 4.79 Å². The van der Waals surface area contributed by atoms with Crippen LogP contribution in [0.25, 0.3) is 11.0 Å². The van der Waals surface area contributed by atoms with Crippen molar-refractivity contribution >= 4 is 45.2 Å². The van der Waals surface area contributed by atoms with E-state index in [1.54, 1.807) is 27.0 Å². The summed E-state index contributed by atoms with van der Waals surface area (Å²) in [5.74, 6) is 0.485. The number of carbonyl (C=O) groups is 1. The zero-order valence-electron chi connectivity index (χ0n) is 14.6. The van der Waals surface area contributed by atoms with Crippen LogP contribution in [0.15, 0.2) is 27.7 Å². The van der Waals surface area contributed by atoms with E-state index in [9.17, 15) is 9.59 Å². The van der Waals surface area contributed by atoms with Crippen molar-refractivity contribution in [3.05, 3.63) is 28.1 Å². The lowest BCUT2D eigenvalue weighted by atomic mass is 10.1. The number of hydrogen-bond acceptors (Lipinski definition) is 7. The van der Waals surface area contributed by atoms with Gasteiger partial charge in [0.05, 0.1) is 17.8 Å². The maximum absolute atomic E-state index is 13.0. The van der Waals surface area contributed by atoms with E-state index in [1.807, 2.05) is 20.8 Å². The molecule has 1 atom stereocenters. The third-order valence-corrected chi connectivity index (χ3v) is 5.89. The van der Waals surface area contributed by atoms with Crippen LogP contribution in [0.2, 0.25) is 0 Å². The number of anilines is 1. The normalized spacial score (nSPS) is 16.8. The van der Waals surface area contributed by atoms with Crippen molar-refractivity contribution in [2.45, 2.75) is 43.9 Å². The first kappa shape index (κ1) is 17.2. The van der Waals surface area contributed by atoms with Gasteiger partial charge >= 0.3 is 0 Å². The average Bonchev–Trinajstić information content (AvgIpc) is 3.26. The van der Waals surface area contributed by atoms with Crippen LogP contribution in [-0.4, -0.2) is 36.0 Å². The Bertz CT molecular complexity index is 1030. The molecule has 10 heteroatoms. The summed E-state index contributed by atoms with van der Waals surface area (Å²) in [5, 5.41) is 10.6. The second-order valence-corrected chi connectivity index (χ2v) is 8.97. The Hall–Kier alpha value is -2.20. The van der Waals surface area contributed by atoms with Crippen LogP contribution in [0.4, 0.5) is 5.13 Å². The van der Waals surface area contributed by atoms with E-state index in [0.717, 1.165) is 0 Å². The first-order valence-electron chi connectivity index (χ1n) is 8.17. The first-order chi connectivity index (χ1) is 12.3. The molecule has 1 amide bonds. The van der Waals surface area contributed by atoms with Gasteiger partial charge in [0, 0.05) is 23.8 Å². The molecule has 8 nitrogen and oxygen atoms in total. The summed E-state index contributed by atoms with van der Waals surface area (Å²) in [5.41, 5.74) is 0.183. The van der Waals surface area contributed by atoms with Crippen molar-refractivity contribution in [1.29, 1.82) is 0 Å². The van der Waals surface area contributed by atoms with E-state index in [0.29, 0.717) is 27.1 Å². The van der Waals surface area contributed by atoms with Crippen molar-refractivity contribution in [2.75, 3.05) is 11.1 Å². The molecule has 0 saturated carbocycles. The highest BCUT2D eigenvalue weighted by Crippen LogP contribution is 2.34. The number of amides is 1. The Kier molecular flexibility index (Phi) is 4.11. The lowest BCUT2D eigenvalue weighted by Crippen LogP contribution is -2.29. The number of nitrogens with zero attached hydrogens (tertiary/aromatic N) is 5. The molecule has 1 N–H and O–H groups in total. The molecule has 1 aliphatic rings. The van der Waals surface area contributed by atoms with Gasteiger partial charge in [0.15, 0.2) is 15.9 Å². The van der Waals surface area contributed by atoms with Gasteiger partial charge in [-0.3, -0.25) is 14.2 Å². The van der Waals surface area contributed by atoms with Gasteiger partial charge in [0.2, 0.25) is 5.91 Å². The van der Waals surface area contributed by atoms with Gasteiger partial charge < -0.3 is 5.32 Å². The fourth-order valence-electron chi connectivity index (χ4n) is 2.94. The molecule has 0 radical (unpaired) electrons. The standard InChI is InChI=1S/C16H18N6O2S2/c1-16(2,3)22-12-10(7-18-22)13(24)21-9(8-26-15(21)20-12)6-11(23)19-14-17-4-5-25-14/h4-5,7,9H,6,8H2,1-3H3,(H,17,19,23). The van der Waals surface area contributed by atoms with E-state index in [2.05, 4.69) is 20.4 Å². The monoisotopic (exact) mass is 390 g/mol. The van der Waals surface area contributed by atoms with Crippen LogP contribution in [0.1, 0.15) is 33.2 Å². The number of hydrogen-bond donors (Lipinski definition) is 1. The summed E-state index contributed by atoms with van der Waals surface area (Å²) in [7, 11) is 0. The number of aromatic nitrogens is 5. The molecule has 1 aliphatic heterocycles. The molecule has 0 spiro atoms. The average molecular weight is 390 g/mol. The molecule has 4 rings (SSSR count). The maximum Gasteiger partial charge on any atom is 0.265 e. The van der Waals surface area contributed by atoms with Crippen LogP contribution in [0, 0.1) is 0 Å². The summed E-state index contributed by atoms with van der Waals surface area (Å²) < 4.78 is 3.40. The summed E-state index contributed by atoms with van der Waals surface area (Å²) in [6, 6.07) is -0.225. The van der Waals surface area contributed by atoms with Gasteiger partial charge in [-0.2, -0.15) is 5.10 Å². The third-order valence-electron chi connectivity index (χ3n) is 4.11. The molecule has 3 aromatic heterocycles. The molecule has 0 fully saturated rings. The SMILES string of the molecule is CC(C)(C)n1ncc2c(=O)n3c(nc21)SCC3CC(=O)Nc1nccs1. The Balaban J connectivity index is 1.66. The minimum atomic E-state index is -0.268. The van der Waals surface area contributed by atoms with E-state index in [-0.39, 0.29) is 29.5 Å².